The monoisotopic (exact) mass is 290 g/mol. The van der Waals surface area contributed by atoms with Crippen molar-refractivity contribution in [2.24, 2.45) is 0 Å². The molecule has 2 nitrogen and oxygen atoms in total. The highest BCUT2D eigenvalue weighted by Gasteiger charge is 2.02. The van der Waals surface area contributed by atoms with Crippen LogP contribution in [0.15, 0.2) is 73.3 Å². The Labute approximate surface area is 130 Å². The molecule has 22 heavy (non-hydrogen) atoms. The lowest BCUT2D eigenvalue weighted by molar-refractivity contribution is 0.363. The van der Waals surface area contributed by atoms with E-state index < -0.39 is 0 Å². The van der Waals surface area contributed by atoms with Crippen LogP contribution in [0.5, 0.6) is 11.5 Å². The molecular formula is C20H18O2. The van der Waals surface area contributed by atoms with Crippen LogP contribution in [-0.2, 0) is 0 Å². The summed E-state index contributed by atoms with van der Waals surface area (Å²) in [7, 11) is 1.69. The van der Waals surface area contributed by atoms with Crippen molar-refractivity contribution < 1.29 is 9.47 Å². The van der Waals surface area contributed by atoms with Gasteiger partial charge in [-0.05, 0) is 52.2 Å². The van der Waals surface area contributed by atoms with Crippen molar-refractivity contribution in [2.75, 3.05) is 13.7 Å². The van der Waals surface area contributed by atoms with E-state index >= 15 is 0 Å². The van der Waals surface area contributed by atoms with Crippen LogP contribution in [0.3, 0.4) is 0 Å². The molecule has 0 amide bonds. The first-order chi connectivity index (χ1) is 10.8. The van der Waals surface area contributed by atoms with Crippen LogP contribution < -0.4 is 9.47 Å². The van der Waals surface area contributed by atoms with Crippen molar-refractivity contribution in [3.8, 4) is 22.6 Å². The van der Waals surface area contributed by atoms with Gasteiger partial charge in [0.1, 0.15) is 18.1 Å². The van der Waals surface area contributed by atoms with E-state index in [0.717, 1.165) is 11.5 Å². The van der Waals surface area contributed by atoms with Crippen molar-refractivity contribution in [3.63, 3.8) is 0 Å². The van der Waals surface area contributed by atoms with Gasteiger partial charge in [0.15, 0.2) is 0 Å². The predicted molar refractivity (Wildman–Crippen MR) is 91.6 cm³/mol. The summed E-state index contributed by atoms with van der Waals surface area (Å²) in [5.41, 5.74) is 2.36. The summed E-state index contributed by atoms with van der Waals surface area (Å²) < 4.78 is 10.8. The largest absolute Gasteiger partial charge is 0.497 e. The first kappa shape index (κ1) is 14.2. The summed E-state index contributed by atoms with van der Waals surface area (Å²) in [6.45, 7) is 4.17. The van der Waals surface area contributed by atoms with Crippen molar-refractivity contribution in [2.45, 2.75) is 0 Å². The van der Waals surface area contributed by atoms with Gasteiger partial charge in [-0.15, -0.1) is 0 Å². The summed E-state index contributed by atoms with van der Waals surface area (Å²) in [5, 5.41) is 2.37. The minimum atomic E-state index is 0.525. The third-order valence-corrected chi connectivity index (χ3v) is 3.60. The molecule has 110 valence electrons. The Morgan fingerprint density at radius 3 is 2.18 bits per heavy atom. The summed E-state index contributed by atoms with van der Waals surface area (Å²) in [5.74, 6) is 1.73. The molecule has 0 aliphatic carbocycles. The molecule has 0 saturated heterocycles. The molecule has 0 radical (unpaired) electrons. The molecule has 0 N–H and O–H groups in total. The number of hydrogen-bond acceptors (Lipinski definition) is 2. The standard InChI is InChI=1S/C20H18O2/c1-3-12-22-19-9-6-15(7-10-19)16-4-5-18-14-20(21-2)11-8-17(18)13-16/h3-11,13-14H,1,12H2,2H3. The quantitative estimate of drug-likeness (QED) is 0.610. The maximum Gasteiger partial charge on any atom is 0.119 e. The Hall–Kier alpha value is -2.74. The zero-order valence-electron chi connectivity index (χ0n) is 12.6. The number of fused-ring (bicyclic) bond motifs is 1. The molecule has 0 aromatic heterocycles. The number of benzene rings is 3. The van der Waals surface area contributed by atoms with Crippen LogP contribution in [0.2, 0.25) is 0 Å². The molecular weight excluding hydrogens is 272 g/mol. The SMILES string of the molecule is C=CCOc1ccc(-c2ccc3cc(OC)ccc3c2)cc1. The Balaban J connectivity index is 1.90. The zero-order valence-corrected chi connectivity index (χ0v) is 12.6. The van der Waals surface area contributed by atoms with Gasteiger partial charge < -0.3 is 9.47 Å². The predicted octanol–water partition coefficient (Wildman–Crippen LogP) is 5.08. The van der Waals surface area contributed by atoms with E-state index in [9.17, 15) is 0 Å². The Morgan fingerprint density at radius 1 is 0.818 bits per heavy atom. The highest BCUT2D eigenvalue weighted by Crippen LogP contribution is 2.28. The third-order valence-electron chi connectivity index (χ3n) is 3.60. The molecule has 0 saturated carbocycles. The minimum absolute atomic E-state index is 0.525. The second kappa shape index (κ2) is 6.35. The zero-order chi connectivity index (χ0) is 15.4. The highest BCUT2D eigenvalue weighted by molar-refractivity contribution is 5.88. The summed E-state index contributed by atoms with van der Waals surface area (Å²) in [6.07, 6.45) is 1.74. The Bertz CT molecular complexity index is 788. The highest BCUT2D eigenvalue weighted by atomic mass is 16.5. The first-order valence-electron chi connectivity index (χ1n) is 7.22. The van der Waals surface area contributed by atoms with Crippen LogP contribution in [0.1, 0.15) is 0 Å². The summed E-state index contributed by atoms with van der Waals surface area (Å²) in [6, 6.07) is 20.7. The lowest BCUT2D eigenvalue weighted by Gasteiger charge is -2.07. The molecule has 0 fully saturated rings. The van der Waals surface area contributed by atoms with E-state index in [1.807, 2.05) is 24.3 Å². The molecule has 3 rings (SSSR count). The summed E-state index contributed by atoms with van der Waals surface area (Å²) in [4.78, 5) is 0. The molecule has 0 bridgehead atoms. The molecule has 3 aromatic rings. The van der Waals surface area contributed by atoms with E-state index in [-0.39, 0.29) is 0 Å². The van der Waals surface area contributed by atoms with Crippen LogP contribution in [0.25, 0.3) is 21.9 Å². The fourth-order valence-electron chi connectivity index (χ4n) is 2.43. The lowest BCUT2D eigenvalue weighted by Crippen LogP contribution is -1.92. The molecule has 3 aromatic carbocycles. The average Bonchev–Trinajstić information content (AvgIpc) is 2.59. The maximum absolute atomic E-state index is 5.51. The van der Waals surface area contributed by atoms with Crippen molar-refractivity contribution >= 4 is 10.8 Å². The molecule has 0 aliphatic rings. The second-order valence-electron chi connectivity index (χ2n) is 5.05. The van der Waals surface area contributed by atoms with Gasteiger partial charge in [-0.25, -0.2) is 0 Å². The molecule has 0 unspecified atom stereocenters. The molecule has 0 heterocycles. The van der Waals surface area contributed by atoms with Gasteiger partial charge in [-0.3, -0.25) is 0 Å². The maximum atomic E-state index is 5.51. The van der Waals surface area contributed by atoms with Gasteiger partial charge in [-0.1, -0.05) is 43.0 Å². The number of ether oxygens (including phenoxy) is 2. The van der Waals surface area contributed by atoms with E-state index in [1.165, 1.54) is 21.9 Å². The van der Waals surface area contributed by atoms with Gasteiger partial charge in [0.2, 0.25) is 0 Å². The second-order valence-corrected chi connectivity index (χ2v) is 5.05. The molecule has 0 atom stereocenters. The van der Waals surface area contributed by atoms with Crippen molar-refractivity contribution in [1.82, 2.24) is 0 Å². The first-order valence-corrected chi connectivity index (χ1v) is 7.22. The molecule has 0 aliphatic heterocycles. The lowest BCUT2D eigenvalue weighted by atomic mass is 10.0. The Morgan fingerprint density at radius 2 is 1.45 bits per heavy atom. The van der Waals surface area contributed by atoms with Crippen LogP contribution >= 0.6 is 0 Å². The number of hydrogen-bond donors (Lipinski definition) is 0. The topological polar surface area (TPSA) is 18.5 Å². The molecule has 2 heteroatoms. The van der Waals surface area contributed by atoms with Crippen molar-refractivity contribution in [1.29, 1.82) is 0 Å². The van der Waals surface area contributed by atoms with Gasteiger partial charge in [-0.2, -0.15) is 0 Å². The number of methoxy groups -OCH3 is 1. The summed E-state index contributed by atoms with van der Waals surface area (Å²) >= 11 is 0. The van der Waals surface area contributed by atoms with Crippen LogP contribution in [0.4, 0.5) is 0 Å². The van der Waals surface area contributed by atoms with Crippen LogP contribution in [0, 0.1) is 0 Å². The van der Waals surface area contributed by atoms with E-state index in [2.05, 4.69) is 43.0 Å². The van der Waals surface area contributed by atoms with Gasteiger partial charge in [0.25, 0.3) is 0 Å². The van der Waals surface area contributed by atoms with E-state index in [4.69, 9.17) is 9.47 Å². The average molecular weight is 290 g/mol. The Kier molecular flexibility index (Phi) is 4.10. The van der Waals surface area contributed by atoms with Gasteiger partial charge >= 0.3 is 0 Å². The van der Waals surface area contributed by atoms with E-state index in [1.54, 1.807) is 13.2 Å². The third kappa shape index (κ3) is 2.96. The fraction of sp³-hybridized carbons (Fsp3) is 0.100. The van der Waals surface area contributed by atoms with Crippen LogP contribution in [-0.4, -0.2) is 13.7 Å². The van der Waals surface area contributed by atoms with Gasteiger partial charge in [0, 0.05) is 0 Å². The fourth-order valence-corrected chi connectivity index (χ4v) is 2.43. The smallest absolute Gasteiger partial charge is 0.119 e. The van der Waals surface area contributed by atoms with Gasteiger partial charge in [0.05, 0.1) is 7.11 Å². The minimum Gasteiger partial charge on any atom is -0.497 e. The van der Waals surface area contributed by atoms with Crippen molar-refractivity contribution in [3.05, 3.63) is 73.3 Å². The molecule has 0 spiro atoms. The van der Waals surface area contributed by atoms with E-state index in [0.29, 0.717) is 6.61 Å². The number of rotatable bonds is 5. The normalized spacial score (nSPS) is 10.4.